The molecule has 0 unspecified atom stereocenters. The maximum absolute atomic E-state index is 8.72. The van der Waals surface area contributed by atoms with Crippen LogP contribution in [0.1, 0.15) is 53.4 Å². The molecule has 0 aromatic heterocycles. The zero-order chi connectivity index (χ0) is 12.4. The van der Waals surface area contributed by atoms with E-state index in [1.807, 2.05) is 6.08 Å². The van der Waals surface area contributed by atoms with Crippen LogP contribution < -0.4 is 0 Å². The summed E-state index contributed by atoms with van der Waals surface area (Å²) in [6.45, 7) is 8.71. The number of aliphatic hydroxyl groups is 1. The molecule has 0 spiro atoms. The molecule has 1 nitrogen and oxygen atoms in total. The zero-order valence-corrected chi connectivity index (χ0v) is 11.2. The van der Waals surface area contributed by atoms with E-state index in [0.29, 0.717) is 0 Å². The number of hydrogen-bond donors (Lipinski definition) is 1. The van der Waals surface area contributed by atoms with Gasteiger partial charge in [0.2, 0.25) is 0 Å². The molecule has 0 aromatic rings. The van der Waals surface area contributed by atoms with Crippen LogP contribution >= 0.6 is 0 Å². The summed E-state index contributed by atoms with van der Waals surface area (Å²) in [6, 6.07) is 0. The SMILES string of the molecule is CC(C)=CCC/C(C)=C\CC/C(C)=C\CO. The molecule has 92 valence electrons. The van der Waals surface area contributed by atoms with Crippen LogP contribution in [-0.4, -0.2) is 11.7 Å². The van der Waals surface area contributed by atoms with E-state index in [0.717, 1.165) is 25.7 Å². The highest BCUT2D eigenvalue weighted by Gasteiger charge is 1.91. The van der Waals surface area contributed by atoms with Gasteiger partial charge in [0.15, 0.2) is 0 Å². The maximum atomic E-state index is 8.72. The van der Waals surface area contributed by atoms with E-state index in [-0.39, 0.29) is 6.61 Å². The van der Waals surface area contributed by atoms with E-state index in [4.69, 9.17) is 5.11 Å². The van der Waals surface area contributed by atoms with Gasteiger partial charge in [0.25, 0.3) is 0 Å². The maximum Gasteiger partial charge on any atom is 0.0614 e. The van der Waals surface area contributed by atoms with Crippen molar-refractivity contribution in [3.63, 3.8) is 0 Å². The predicted molar refractivity (Wildman–Crippen MR) is 72.5 cm³/mol. The lowest BCUT2D eigenvalue weighted by Crippen LogP contribution is -1.82. The van der Waals surface area contributed by atoms with Crippen LogP contribution in [-0.2, 0) is 0 Å². The fraction of sp³-hybridized carbons (Fsp3) is 0.600. The molecule has 0 rings (SSSR count). The van der Waals surface area contributed by atoms with Crippen LogP contribution in [0.4, 0.5) is 0 Å². The molecule has 1 heteroatoms. The Labute approximate surface area is 101 Å². The first kappa shape index (κ1) is 15.2. The van der Waals surface area contributed by atoms with Gasteiger partial charge >= 0.3 is 0 Å². The lowest BCUT2D eigenvalue weighted by molar-refractivity contribution is 0.341. The fourth-order valence-electron chi connectivity index (χ4n) is 1.49. The number of rotatable bonds is 7. The molecule has 0 amide bonds. The molecule has 0 aromatic carbocycles. The molecule has 0 radical (unpaired) electrons. The second-order valence-electron chi connectivity index (χ2n) is 4.64. The van der Waals surface area contributed by atoms with Crippen molar-refractivity contribution in [2.24, 2.45) is 0 Å². The third kappa shape index (κ3) is 9.72. The summed E-state index contributed by atoms with van der Waals surface area (Å²) in [5.41, 5.74) is 4.14. The second-order valence-corrected chi connectivity index (χ2v) is 4.64. The molecular formula is C15H26O. The molecular weight excluding hydrogens is 196 g/mol. The standard InChI is InChI=1S/C15H26O/c1-13(2)7-5-8-14(3)9-6-10-15(4)11-12-16/h7,9,11,16H,5-6,8,10,12H2,1-4H3/b14-9-,15-11-. The molecule has 0 aliphatic carbocycles. The van der Waals surface area contributed by atoms with Gasteiger partial charge < -0.3 is 5.11 Å². The molecule has 0 bridgehead atoms. The van der Waals surface area contributed by atoms with Crippen LogP contribution in [0.25, 0.3) is 0 Å². The van der Waals surface area contributed by atoms with Gasteiger partial charge in [-0.05, 0) is 53.4 Å². The van der Waals surface area contributed by atoms with E-state index in [2.05, 4.69) is 39.8 Å². The Kier molecular flexibility index (Phi) is 8.93. The summed E-state index contributed by atoms with van der Waals surface area (Å²) in [4.78, 5) is 0. The number of aliphatic hydroxyl groups excluding tert-OH is 1. The number of allylic oxidation sites excluding steroid dienone is 5. The molecule has 0 saturated heterocycles. The van der Waals surface area contributed by atoms with Crippen molar-refractivity contribution in [3.8, 4) is 0 Å². The molecule has 0 aliphatic rings. The zero-order valence-electron chi connectivity index (χ0n) is 11.2. The van der Waals surface area contributed by atoms with Crippen molar-refractivity contribution in [1.82, 2.24) is 0 Å². The minimum atomic E-state index is 0.162. The Morgan fingerprint density at radius 3 is 1.81 bits per heavy atom. The molecule has 16 heavy (non-hydrogen) atoms. The van der Waals surface area contributed by atoms with Crippen molar-refractivity contribution >= 4 is 0 Å². The van der Waals surface area contributed by atoms with Crippen LogP contribution in [0.15, 0.2) is 34.9 Å². The Hall–Kier alpha value is -0.820. The summed E-state index contributed by atoms with van der Waals surface area (Å²) < 4.78 is 0. The van der Waals surface area contributed by atoms with Crippen molar-refractivity contribution in [3.05, 3.63) is 34.9 Å². The lowest BCUT2D eigenvalue weighted by atomic mass is 10.1. The van der Waals surface area contributed by atoms with Crippen molar-refractivity contribution in [2.45, 2.75) is 53.4 Å². The molecule has 0 saturated carbocycles. The van der Waals surface area contributed by atoms with Gasteiger partial charge in [0, 0.05) is 0 Å². The third-order valence-electron chi connectivity index (χ3n) is 2.56. The smallest absolute Gasteiger partial charge is 0.0614 e. The van der Waals surface area contributed by atoms with Gasteiger partial charge in [-0.1, -0.05) is 34.9 Å². The molecule has 1 N–H and O–H groups in total. The average Bonchev–Trinajstić information content (AvgIpc) is 2.17. The van der Waals surface area contributed by atoms with Gasteiger partial charge in [-0.25, -0.2) is 0 Å². The van der Waals surface area contributed by atoms with Crippen molar-refractivity contribution in [2.75, 3.05) is 6.61 Å². The van der Waals surface area contributed by atoms with E-state index < -0.39 is 0 Å². The van der Waals surface area contributed by atoms with Crippen LogP contribution in [0, 0.1) is 0 Å². The Bertz CT molecular complexity index is 265. The summed E-state index contributed by atoms with van der Waals surface area (Å²) in [7, 11) is 0. The summed E-state index contributed by atoms with van der Waals surface area (Å²) in [5.74, 6) is 0. The summed E-state index contributed by atoms with van der Waals surface area (Å²) in [6.07, 6.45) is 10.9. The van der Waals surface area contributed by atoms with Gasteiger partial charge in [-0.3, -0.25) is 0 Å². The average molecular weight is 222 g/mol. The molecule has 0 heterocycles. The largest absolute Gasteiger partial charge is 0.392 e. The predicted octanol–water partition coefficient (Wildman–Crippen LogP) is 4.40. The molecule has 0 aliphatic heterocycles. The Morgan fingerprint density at radius 1 is 0.812 bits per heavy atom. The monoisotopic (exact) mass is 222 g/mol. The van der Waals surface area contributed by atoms with Crippen LogP contribution in [0.2, 0.25) is 0 Å². The Balaban J connectivity index is 3.79. The minimum Gasteiger partial charge on any atom is -0.392 e. The second kappa shape index (κ2) is 9.41. The van der Waals surface area contributed by atoms with Crippen LogP contribution in [0.5, 0.6) is 0 Å². The Morgan fingerprint density at radius 2 is 1.31 bits per heavy atom. The lowest BCUT2D eigenvalue weighted by Gasteiger charge is -2.00. The van der Waals surface area contributed by atoms with E-state index in [1.54, 1.807) is 0 Å². The highest BCUT2D eigenvalue weighted by atomic mass is 16.2. The van der Waals surface area contributed by atoms with E-state index in [9.17, 15) is 0 Å². The normalized spacial score (nSPS) is 12.8. The van der Waals surface area contributed by atoms with E-state index in [1.165, 1.54) is 16.7 Å². The topological polar surface area (TPSA) is 20.2 Å². The van der Waals surface area contributed by atoms with Gasteiger partial charge in [0.05, 0.1) is 6.61 Å². The quantitative estimate of drug-likeness (QED) is 0.633. The highest BCUT2D eigenvalue weighted by Crippen LogP contribution is 2.10. The van der Waals surface area contributed by atoms with Gasteiger partial charge in [-0.15, -0.1) is 0 Å². The third-order valence-corrected chi connectivity index (χ3v) is 2.56. The number of hydrogen-bond acceptors (Lipinski definition) is 1. The van der Waals surface area contributed by atoms with Crippen molar-refractivity contribution < 1.29 is 5.11 Å². The first-order valence-electron chi connectivity index (χ1n) is 6.11. The van der Waals surface area contributed by atoms with E-state index >= 15 is 0 Å². The minimum absolute atomic E-state index is 0.162. The van der Waals surface area contributed by atoms with Crippen LogP contribution in [0.3, 0.4) is 0 Å². The van der Waals surface area contributed by atoms with Gasteiger partial charge in [0.1, 0.15) is 0 Å². The summed E-state index contributed by atoms with van der Waals surface area (Å²) >= 11 is 0. The molecule has 0 fully saturated rings. The first-order valence-corrected chi connectivity index (χ1v) is 6.11. The first-order chi connectivity index (χ1) is 7.56. The fourth-order valence-corrected chi connectivity index (χ4v) is 1.49. The highest BCUT2D eigenvalue weighted by molar-refractivity contribution is 5.05. The summed E-state index contributed by atoms with van der Waals surface area (Å²) in [5, 5.41) is 8.72. The molecule has 0 atom stereocenters. The van der Waals surface area contributed by atoms with Gasteiger partial charge in [-0.2, -0.15) is 0 Å². The van der Waals surface area contributed by atoms with Crippen molar-refractivity contribution in [1.29, 1.82) is 0 Å².